The number of anilines is 3. The molecule has 1 heterocycles. The zero-order valence-corrected chi connectivity index (χ0v) is 23.5. The smallest absolute Gasteiger partial charge is 0.0645 e. The lowest BCUT2D eigenvalue weighted by Gasteiger charge is -2.26. The van der Waals surface area contributed by atoms with Crippen molar-refractivity contribution >= 4 is 59.3 Å². The molecule has 2 heteroatoms. The van der Waals surface area contributed by atoms with Gasteiger partial charge in [0.25, 0.3) is 0 Å². The van der Waals surface area contributed by atoms with Crippen molar-refractivity contribution in [1.82, 2.24) is 0 Å². The summed E-state index contributed by atoms with van der Waals surface area (Å²) < 4.78 is 39.5. The Morgan fingerprint density at radius 2 is 1.10 bits per heavy atom. The molecule has 0 spiro atoms. The van der Waals surface area contributed by atoms with Crippen LogP contribution in [0.25, 0.3) is 53.2 Å². The van der Waals surface area contributed by atoms with Gasteiger partial charge in [0, 0.05) is 37.2 Å². The third-order valence-corrected chi connectivity index (χ3v) is 8.95. The molecular formula is C40H27NS. The van der Waals surface area contributed by atoms with Crippen molar-refractivity contribution in [2.24, 2.45) is 0 Å². The number of benzene rings is 7. The normalized spacial score (nSPS) is 12.7. The van der Waals surface area contributed by atoms with Crippen LogP contribution in [0.3, 0.4) is 0 Å². The summed E-state index contributed by atoms with van der Waals surface area (Å²) >= 11 is 1.78. The lowest BCUT2D eigenvalue weighted by atomic mass is 9.98. The van der Waals surface area contributed by atoms with Gasteiger partial charge in [-0.1, -0.05) is 121 Å². The van der Waals surface area contributed by atoms with E-state index in [0.717, 1.165) is 33.3 Å². The first-order valence-electron chi connectivity index (χ1n) is 16.0. The molecule has 8 aromatic rings. The molecule has 0 aliphatic heterocycles. The molecule has 0 aliphatic rings. The molecule has 0 amide bonds. The molecule has 0 bridgehead atoms. The molecule has 42 heavy (non-hydrogen) atoms. The predicted octanol–water partition coefficient (Wildman–Crippen LogP) is 12.0. The summed E-state index contributed by atoms with van der Waals surface area (Å²) in [5.41, 5.74) is 4.82. The van der Waals surface area contributed by atoms with E-state index in [2.05, 4.69) is 54.6 Å². The maximum Gasteiger partial charge on any atom is 0.0645 e. The van der Waals surface area contributed by atoms with E-state index in [1.807, 2.05) is 89.8 Å². The van der Waals surface area contributed by atoms with E-state index in [-0.39, 0.29) is 29.9 Å². The minimum absolute atomic E-state index is 0.0699. The van der Waals surface area contributed by atoms with Crippen molar-refractivity contribution in [2.75, 3.05) is 4.90 Å². The minimum atomic E-state index is -0.0928. The van der Waals surface area contributed by atoms with Crippen LogP contribution in [0.4, 0.5) is 17.1 Å². The summed E-state index contributed by atoms with van der Waals surface area (Å²) in [4.78, 5) is 1.85. The number of fused-ring (bicyclic) bond motifs is 4. The van der Waals surface area contributed by atoms with E-state index in [9.17, 15) is 5.48 Å². The largest absolute Gasteiger partial charge is 0.310 e. The van der Waals surface area contributed by atoms with Crippen LogP contribution in [0.1, 0.15) is 5.48 Å². The molecule has 0 N–H and O–H groups in total. The van der Waals surface area contributed by atoms with Gasteiger partial charge in [0.2, 0.25) is 0 Å². The van der Waals surface area contributed by atoms with Gasteiger partial charge in [0.1, 0.15) is 0 Å². The van der Waals surface area contributed by atoms with Gasteiger partial charge in [-0.15, -0.1) is 11.3 Å². The van der Waals surface area contributed by atoms with Crippen molar-refractivity contribution in [2.45, 2.75) is 0 Å². The fourth-order valence-corrected chi connectivity index (χ4v) is 7.01. The highest BCUT2D eigenvalue weighted by molar-refractivity contribution is 7.26. The quantitative estimate of drug-likeness (QED) is 0.203. The third kappa shape index (κ3) is 4.25. The van der Waals surface area contributed by atoms with Crippen LogP contribution in [0.2, 0.25) is 0 Å². The summed E-state index contributed by atoms with van der Waals surface area (Å²) in [5, 5.41) is 4.33. The molecule has 8 rings (SSSR count). The predicted molar refractivity (Wildman–Crippen MR) is 182 cm³/mol. The van der Waals surface area contributed by atoms with Gasteiger partial charge < -0.3 is 4.90 Å². The summed E-state index contributed by atoms with van der Waals surface area (Å²) in [6.45, 7) is 0. The molecule has 0 radical (unpaired) electrons. The van der Waals surface area contributed by atoms with Crippen molar-refractivity contribution in [3.63, 3.8) is 0 Å². The molecule has 1 nitrogen and oxygen atoms in total. The van der Waals surface area contributed by atoms with E-state index < -0.39 is 0 Å². The van der Waals surface area contributed by atoms with Gasteiger partial charge in [0.05, 0.1) is 5.48 Å². The van der Waals surface area contributed by atoms with Crippen molar-refractivity contribution in [3.05, 3.63) is 164 Å². The lowest BCUT2D eigenvalue weighted by molar-refractivity contribution is 1.28. The molecule has 0 atom stereocenters. The molecule has 0 fully saturated rings. The Bertz CT molecular complexity index is 2400. The Hall–Kier alpha value is -5.18. The van der Waals surface area contributed by atoms with Crippen molar-refractivity contribution < 1.29 is 5.48 Å². The first-order chi connectivity index (χ1) is 22.5. The number of rotatable bonds is 5. The zero-order chi connectivity index (χ0) is 31.4. The highest BCUT2D eigenvalue weighted by Crippen LogP contribution is 2.42. The van der Waals surface area contributed by atoms with Gasteiger partial charge in [-0.05, 0) is 75.4 Å². The second-order valence-corrected chi connectivity index (χ2v) is 11.3. The molecule has 198 valence electrons. The highest BCUT2D eigenvalue weighted by Gasteiger charge is 2.16. The van der Waals surface area contributed by atoms with E-state index >= 15 is 0 Å². The van der Waals surface area contributed by atoms with Gasteiger partial charge in [-0.3, -0.25) is 0 Å². The number of nitrogens with zero attached hydrogens (tertiary/aromatic N) is 1. The Morgan fingerprint density at radius 3 is 1.98 bits per heavy atom. The fraction of sp³-hybridized carbons (Fsp3) is 0. The van der Waals surface area contributed by atoms with Crippen LogP contribution in [0.15, 0.2) is 164 Å². The second kappa shape index (κ2) is 10.3. The van der Waals surface area contributed by atoms with Crippen LogP contribution < -0.4 is 4.90 Å². The topological polar surface area (TPSA) is 3.24 Å². The first kappa shape index (κ1) is 20.7. The Labute approximate surface area is 255 Å². The lowest BCUT2D eigenvalue weighted by Crippen LogP contribution is -2.09. The Balaban J connectivity index is 1.34. The molecule has 0 saturated heterocycles. The molecule has 0 saturated carbocycles. The van der Waals surface area contributed by atoms with Crippen LogP contribution in [0.5, 0.6) is 0 Å². The summed E-state index contributed by atoms with van der Waals surface area (Å²) in [6, 6.07) is 45.9. The zero-order valence-electron chi connectivity index (χ0n) is 26.6. The number of hydrogen-bond donors (Lipinski definition) is 0. The highest BCUT2D eigenvalue weighted by atomic mass is 32.1. The van der Waals surface area contributed by atoms with E-state index in [0.29, 0.717) is 11.1 Å². The Kier molecular flexibility index (Phi) is 5.08. The number of para-hydroxylation sites is 1. The summed E-state index contributed by atoms with van der Waals surface area (Å²) in [7, 11) is 0. The van der Waals surface area contributed by atoms with Crippen LogP contribution in [0, 0.1) is 0 Å². The van der Waals surface area contributed by atoms with Gasteiger partial charge in [0.15, 0.2) is 0 Å². The molecular weight excluding hydrogens is 527 g/mol. The van der Waals surface area contributed by atoms with Gasteiger partial charge in [-0.25, -0.2) is 0 Å². The maximum absolute atomic E-state index is 9.32. The van der Waals surface area contributed by atoms with Crippen molar-refractivity contribution in [3.8, 4) is 22.3 Å². The SMILES string of the molecule is [2H]c1c([2H])c(N(c2ccccc2)c2cccc(-c3cccc4c3sc3ccccc34)c2)c([2H])c([2H])c1-c1cccc2ccccc12. The van der Waals surface area contributed by atoms with Gasteiger partial charge >= 0.3 is 0 Å². The second-order valence-electron chi connectivity index (χ2n) is 10.3. The standard InChI is InChI=1S/C40H27NS/c1-2-14-31(15-3-1)41(32-25-23-29(24-26-32)35-19-9-12-28-11-4-5-17-34(28)35)33-16-8-13-30(27-33)36-20-10-21-38-37-18-6-7-22-39(37)42-40(36)38/h1-27H/i23D,24D,25D,26D. The minimum Gasteiger partial charge on any atom is -0.310 e. The molecule has 0 unspecified atom stereocenters. The fourth-order valence-electron chi connectivity index (χ4n) is 5.77. The Morgan fingerprint density at radius 1 is 0.452 bits per heavy atom. The average molecular weight is 558 g/mol. The third-order valence-electron chi connectivity index (χ3n) is 7.73. The molecule has 1 aromatic heterocycles. The van der Waals surface area contributed by atoms with E-state index in [1.165, 1.54) is 20.2 Å². The first-order valence-corrected chi connectivity index (χ1v) is 14.8. The maximum atomic E-state index is 9.32. The number of hydrogen-bond acceptors (Lipinski definition) is 2. The summed E-state index contributed by atoms with van der Waals surface area (Å²) in [5.74, 6) is 0. The van der Waals surface area contributed by atoms with Crippen LogP contribution in [-0.2, 0) is 0 Å². The van der Waals surface area contributed by atoms with E-state index in [1.54, 1.807) is 11.3 Å². The van der Waals surface area contributed by atoms with Gasteiger partial charge in [-0.2, -0.15) is 0 Å². The molecule has 0 aliphatic carbocycles. The number of thiophene rings is 1. The summed E-state index contributed by atoms with van der Waals surface area (Å²) in [6.07, 6.45) is 0. The van der Waals surface area contributed by atoms with Crippen LogP contribution in [-0.4, -0.2) is 0 Å². The molecule has 7 aromatic carbocycles. The van der Waals surface area contributed by atoms with E-state index in [4.69, 9.17) is 0 Å². The van der Waals surface area contributed by atoms with Crippen molar-refractivity contribution in [1.29, 1.82) is 0 Å². The monoisotopic (exact) mass is 557 g/mol. The average Bonchev–Trinajstić information content (AvgIpc) is 3.49. The van der Waals surface area contributed by atoms with Crippen LogP contribution >= 0.6 is 11.3 Å².